The van der Waals surface area contributed by atoms with E-state index in [1.165, 1.54) is 16.9 Å². The van der Waals surface area contributed by atoms with Gasteiger partial charge in [0.15, 0.2) is 5.60 Å². The lowest BCUT2D eigenvalue weighted by Crippen LogP contribution is -2.45. The summed E-state index contributed by atoms with van der Waals surface area (Å²) in [4.78, 5) is -0.202. The van der Waals surface area contributed by atoms with Crippen LogP contribution in [-0.2, 0) is 35.0 Å². The number of anilines is 1. The molecule has 38 heavy (non-hydrogen) atoms. The van der Waals surface area contributed by atoms with Gasteiger partial charge in [-0.2, -0.15) is 18.3 Å². The quantitative estimate of drug-likeness (QED) is 0.367. The van der Waals surface area contributed by atoms with Gasteiger partial charge in [0.1, 0.15) is 5.82 Å². The number of fused-ring (bicyclic) bond motifs is 1. The average Bonchev–Trinajstić information content (AvgIpc) is 3.29. The van der Waals surface area contributed by atoms with E-state index in [1.807, 2.05) is 0 Å². The van der Waals surface area contributed by atoms with Crippen LogP contribution in [0.5, 0.6) is 0 Å². The molecule has 1 aromatic heterocycles. The van der Waals surface area contributed by atoms with Gasteiger partial charge in [-0.15, -0.1) is 0 Å². The molecule has 0 bridgehead atoms. The van der Waals surface area contributed by atoms with E-state index >= 15 is 0 Å². The summed E-state index contributed by atoms with van der Waals surface area (Å²) in [6.07, 6.45) is -3.97. The Hall–Kier alpha value is -3.00. The maximum Gasteiger partial charge on any atom is 0.421 e. The minimum absolute atomic E-state index is 0.0251. The standard InChI is InChI=1S/C25H27F4N3O5S/c1-24(35,25(27,28)29)17-3-9-23-16(12-17)2-6-20(13-19-10-11-30-31(19)14-21(34)15-33)32(23)38(36,37)22-7-4-18(26)5-8-22/h3-5,7-12,20-21,33-35H,2,6,13-15H2,1H3/t20-,21?,24?/m0/s1. The van der Waals surface area contributed by atoms with E-state index in [-0.39, 0.29) is 36.4 Å². The summed E-state index contributed by atoms with van der Waals surface area (Å²) >= 11 is 0. The Morgan fingerprint density at radius 3 is 2.45 bits per heavy atom. The molecular formula is C25H27F4N3O5S. The molecule has 1 aliphatic rings. The molecule has 4 rings (SSSR count). The third-order valence-corrected chi connectivity index (χ3v) is 8.60. The molecule has 1 aliphatic heterocycles. The fraction of sp³-hybridized carbons (Fsp3) is 0.400. The molecule has 0 aliphatic carbocycles. The van der Waals surface area contributed by atoms with E-state index in [0.29, 0.717) is 18.2 Å². The van der Waals surface area contributed by atoms with Crippen LogP contribution >= 0.6 is 0 Å². The van der Waals surface area contributed by atoms with Gasteiger partial charge in [0.25, 0.3) is 10.0 Å². The first kappa shape index (κ1) is 28.0. The van der Waals surface area contributed by atoms with Crippen LogP contribution in [0.15, 0.2) is 59.6 Å². The summed E-state index contributed by atoms with van der Waals surface area (Å²) in [6, 6.07) is 8.62. The Morgan fingerprint density at radius 1 is 1.13 bits per heavy atom. The van der Waals surface area contributed by atoms with Crippen molar-refractivity contribution in [2.75, 3.05) is 10.9 Å². The SMILES string of the molecule is CC(O)(c1ccc2c(c1)CC[C@@H](Cc1ccnn1CC(O)CO)N2S(=O)(=O)c1ccc(F)cc1)C(F)(F)F. The number of hydrogen-bond acceptors (Lipinski definition) is 6. The molecule has 0 fully saturated rings. The highest BCUT2D eigenvalue weighted by molar-refractivity contribution is 7.92. The van der Waals surface area contributed by atoms with Crippen LogP contribution in [0.1, 0.15) is 30.2 Å². The molecular weight excluding hydrogens is 530 g/mol. The van der Waals surface area contributed by atoms with E-state index in [1.54, 1.807) is 6.07 Å². The zero-order chi connectivity index (χ0) is 27.9. The van der Waals surface area contributed by atoms with Gasteiger partial charge in [-0.25, -0.2) is 12.8 Å². The highest BCUT2D eigenvalue weighted by atomic mass is 32.2. The van der Waals surface area contributed by atoms with Crippen molar-refractivity contribution in [3.8, 4) is 0 Å². The molecule has 3 atom stereocenters. The van der Waals surface area contributed by atoms with Crippen molar-refractivity contribution in [3.05, 3.63) is 77.4 Å². The van der Waals surface area contributed by atoms with Gasteiger partial charge in [-0.3, -0.25) is 8.99 Å². The number of sulfonamides is 1. The maximum absolute atomic E-state index is 13.8. The van der Waals surface area contributed by atoms with Crippen molar-refractivity contribution in [2.24, 2.45) is 0 Å². The van der Waals surface area contributed by atoms with Gasteiger partial charge in [-0.1, -0.05) is 12.1 Å². The van der Waals surface area contributed by atoms with E-state index in [0.717, 1.165) is 40.7 Å². The minimum Gasteiger partial charge on any atom is -0.394 e. The number of alkyl halides is 3. The zero-order valence-electron chi connectivity index (χ0n) is 20.3. The molecule has 2 unspecified atom stereocenters. The Labute approximate surface area is 216 Å². The lowest BCUT2D eigenvalue weighted by molar-refractivity contribution is -0.258. The van der Waals surface area contributed by atoms with Gasteiger partial charge in [-0.05, 0) is 67.3 Å². The number of aliphatic hydroxyl groups is 3. The summed E-state index contributed by atoms with van der Waals surface area (Å²) in [5.41, 5.74) is -2.54. The number of nitrogens with zero attached hydrogens (tertiary/aromatic N) is 3. The van der Waals surface area contributed by atoms with Crippen LogP contribution in [-0.4, -0.2) is 58.4 Å². The number of aryl methyl sites for hydroxylation is 1. The summed E-state index contributed by atoms with van der Waals surface area (Å²) in [7, 11) is -4.30. The molecule has 8 nitrogen and oxygen atoms in total. The number of hydrogen-bond donors (Lipinski definition) is 3. The Morgan fingerprint density at radius 2 is 1.82 bits per heavy atom. The van der Waals surface area contributed by atoms with Crippen molar-refractivity contribution < 1.29 is 41.3 Å². The fourth-order valence-electron chi connectivity index (χ4n) is 4.53. The predicted molar refractivity (Wildman–Crippen MR) is 129 cm³/mol. The first-order chi connectivity index (χ1) is 17.8. The van der Waals surface area contributed by atoms with Crippen molar-refractivity contribution in [1.29, 1.82) is 0 Å². The van der Waals surface area contributed by atoms with Crippen LogP contribution < -0.4 is 4.31 Å². The fourth-order valence-corrected chi connectivity index (χ4v) is 6.25. The van der Waals surface area contributed by atoms with Gasteiger partial charge in [0, 0.05) is 18.3 Å². The van der Waals surface area contributed by atoms with Crippen LogP contribution in [0.25, 0.3) is 0 Å². The first-order valence-corrected chi connectivity index (χ1v) is 13.2. The van der Waals surface area contributed by atoms with Crippen LogP contribution in [0, 0.1) is 5.82 Å². The van der Waals surface area contributed by atoms with Crippen molar-refractivity contribution in [3.63, 3.8) is 0 Å². The third kappa shape index (κ3) is 5.28. The molecule has 3 N–H and O–H groups in total. The molecule has 0 spiro atoms. The van der Waals surface area contributed by atoms with Gasteiger partial charge in [0.05, 0.1) is 35.9 Å². The Balaban J connectivity index is 1.79. The largest absolute Gasteiger partial charge is 0.421 e. The molecule has 0 saturated heterocycles. The molecule has 3 aromatic rings. The molecule has 0 amide bonds. The molecule has 0 saturated carbocycles. The molecule has 206 valence electrons. The van der Waals surface area contributed by atoms with Gasteiger partial charge >= 0.3 is 6.18 Å². The van der Waals surface area contributed by atoms with E-state index in [4.69, 9.17) is 0 Å². The van der Waals surface area contributed by atoms with Crippen molar-refractivity contribution in [1.82, 2.24) is 9.78 Å². The Bertz CT molecular complexity index is 1390. The zero-order valence-corrected chi connectivity index (χ0v) is 21.1. The summed E-state index contributed by atoms with van der Waals surface area (Å²) in [5.74, 6) is -0.634. The first-order valence-electron chi connectivity index (χ1n) is 11.8. The second kappa shape index (κ2) is 10.3. The van der Waals surface area contributed by atoms with Gasteiger partial charge < -0.3 is 15.3 Å². The van der Waals surface area contributed by atoms with Crippen molar-refractivity contribution in [2.45, 2.75) is 61.5 Å². The maximum atomic E-state index is 13.8. The number of rotatable bonds is 8. The number of aromatic nitrogens is 2. The highest BCUT2D eigenvalue weighted by Gasteiger charge is 2.51. The second-order valence-electron chi connectivity index (χ2n) is 9.41. The summed E-state index contributed by atoms with van der Waals surface area (Å²) in [5, 5.41) is 33.3. The normalized spacial score (nSPS) is 18.6. The summed E-state index contributed by atoms with van der Waals surface area (Å²) in [6.45, 7) is 0.114. The van der Waals surface area contributed by atoms with Crippen LogP contribution in [0.4, 0.5) is 23.2 Å². The summed E-state index contributed by atoms with van der Waals surface area (Å²) < 4.78 is 84.2. The second-order valence-corrected chi connectivity index (χ2v) is 11.2. The minimum atomic E-state index is -4.95. The molecule has 0 radical (unpaired) electrons. The number of halogens is 4. The lowest BCUT2D eigenvalue weighted by Gasteiger charge is -2.39. The van der Waals surface area contributed by atoms with Gasteiger partial charge in [0.2, 0.25) is 0 Å². The van der Waals surface area contributed by atoms with Crippen LogP contribution in [0.2, 0.25) is 0 Å². The highest BCUT2D eigenvalue weighted by Crippen LogP contribution is 2.43. The number of aliphatic hydroxyl groups excluding tert-OH is 2. The van der Waals surface area contributed by atoms with E-state index < -0.39 is 51.9 Å². The van der Waals surface area contributed by atoms with E-state index in [2.05, 4.69) is 5.10 Å². The smallest absolute Gasteiger partial charge is 0.394 e. The predicted octanol–water partition coefficient (Wildman–Crippen LogP) is 2.90. The molecule has 2 heterocycles. The van der Waals surface area contributed by atoms with E-state index in [9.17, 15) is 41.3 Å². The molecule has 2 aromatic carbocycles. The number of benzene rings is 2. The lowest BCUT2D eigenvalue weighted by atomic mass is 9.89. The topological polar surface area (TPSA) is 116 Å². The monoisotopic (exact) mass is 557 g/mol. The third-order valence-electron chi connectivity index (χ3n) is 6.72. The Kier molecular flexibility index (Phi) is 7.58. The average molecular weight is 558 g/mol. The van der Waals surface area contributed by atoms with Crippen LogP contribution in [0.3, 0.4) is 0 Å². The van der Waals surface area contributed by atoms with Crippen molar-refractivity contribution >= 4 is 15.7 Å². The molecule has 13 heteroatoms.